The molecular weight excluding hydrogens is 424 g/mol. The molecule has 4 rings (SSSR count). The number of thioether (sulfide) groups is 1. The van der Waals surface area contributed by atoms with E-state index in [1.807, 2.05) is 11.4 Å². The summed E-state index contributed by atoms with van der Waals surface area (Å²) in [4.78, 5) is 24.7. The van der Waals surface area contributed by atoms with Crippen LogP contribution < -0.4 is 20.1 Å². The van der Waals surface area contributed by atoms with Gasteiger partial charge in [-0.1, -0.05) is 6.07 Å². The summed E-state index contributed by atoms with van der Waals surface area (Å²) in [7, 11) is 0. The van der Waals surface area contributed by atoms with Crippen molar-refractivity contribution in [2.24, 2.45) is 0 Å². The van der Waals surface area contributed by atoms with Gasteiger partial charge in [0.15, 0.2) is 17.3 Å². The van der Waals surface area contributed by atoms with E-state index in [0.717, 1.165) is 10.8 Å². The van der Waals surface area contributed by atoms with E-state index in [2.05, 4.69) is 20.8 Å². The van der Waals surface area contributed by atoms with Gasteiger partial charge in [0.05, 0.1) is 4.88 Å². The molecule has 0 spiro atoms. The molecule has 3 aromatic rings. The standard InChI is InChI=1S/C20H18N4O4S2/c25-18(21-13-5-6-14-15(11-13)28-12-27-14)4-2-10-30-19-8-7-17(23-24-19)22-20(26)16-3-1-9-29-16/h1,3,5-9,11H,2,4,10,12H2,(H,21,25)(H,22,23,26). The number of benzene rings is 1. The van der Waals surface area contributed by atoms with Gasteiger partial charge in [0, 0.05) is 23.9 Å². The average Bonchev–Trinajstić information content (AvgIpc) is 3.44. The molecule has 0 bridgehead atoms. The number of hydrogen-bond acceptors (Lipinski definition) is 8. The highest BCUT2D eigenvalue weighted by molar-refractivity contribution is 7.99. The molecular formula is C20H18N4O4S2. The van der Waals surface area contributed by atoms with E-state index in [1.54, 1.807) is 36.4 Å². The summed E-state index contributed by atoms with van der Waals surface area (Å²) in [5.41, 5.74) is 0.683. The number of thiophene rings is 1. The summed E-state index contributed by atoms with van der Waals surface area (Å²) in [5.74, 6) is 2.19. The lowest BCUT2D eigenvalue weighted by Crippen LogP contribution is -2.12. The maximum absolute atomic E-state index is 12.1. The van der Waals surface area contributed by atoms with Crippen molar-refractivity contribution >= 4 is 46.4 Å². The van der Waals surface area contributed by atoms with Gasteiger partial charge in [0.25, 0.3) is 5.91 Å². The highest BCUT2D eigenvalue weighted by Crippen LogP contribution is 2.34. The van der Waals surface area contributed by atoms with Gasteiger partial charge in [-0.2, -0.15) is 0 Å². The van der Waals surface area contributed by atoms with Gasteiger partial charge in [-0.25, -0.2) is 0 Å². The Kier molecular flexibility index (Phi) is 6.45. The number of aromatic nitrogens is 2. The first-order valence-electron chi connectivity index (χ1n) is 9.18. The van der Waals surface area contributed by atoms with Crippen molar-refractivity contribution in [1.82, 2.24) is 10.2 Å². The number of nitrogens with one attached hydrogen (secondary N) is 2. The Bertz CT molecular complexity index is 1030. The molecule has 0 unspecified atom stereocenters. The molecule has 0 radical (unpaired) electrons. The van der Waals surface area contributed by atoms with E-state index in [-0.39, 0.29) is 18.6 Å². The average molecular weight is 443 g/mol. The fraction of sp³-hybridized carbons (Fsp3) is 0.200. The van der Waals surface area contributed by atoms with Crippen molar-refractivity contribution in [2.45, 2.75) is 17.9 Å². The maximum atomic E-state index is 12.1. The Morgan fingerprint density at radius 2 is 1.97 bits per heavy atom. The fourth-order valence-corrected chi connectivity index (χ4v) is 4.04. The molecule has 154 valence electrons. The van der Waals surface area contributed by atoms with Crippen molar-refractivity contribution in [2.75, 3.05) is 23.2 Å². The zero-order valence-corrected chi connectivity index (χ0v) is 17.4. The van der Waals surface area contributed by atoms with Gasteiger partial charge < -0.3 is 20.1 Å². The van der Waals surface area contributed by atoms with Gasteiger partial charge in [0.1, 0.15) is 5.03 Å². The molecule has 0 aliphatic carbocycles. The largest absolute Gasteiger partial charge is 0.454 e. The lowest BCUT2D eigenvalue weighted by atomic mass is 10.2. The molecule has 8 nitrogen and oxygen atoms in total. The number of fused-ring (bicyclic) bond motifs is 1. The normalized spacial score (nSPS) is 11.9. The topological polar surface area (TPSA) is 102 Å². The molecule has 2 aromatic heterocycles. The van der Waals surface area contributed by atoms with Crippen molar-refractivity contribution in [3.8, 4) is 11.5 Å². The Morgan fingerprint density at radius 3 is 2.77 bits per heavy atom. The summed E-state index contributed by atoms with van der Waals surface area (Å²) >= 11 is 2.88. The molecule has 10 heteroatoms. The van der Waals surface area contributed by atoms with E-state index in [4.69, 9.17) is 9.47 Å². The summed E-state index contributed by atoms with van der Waals surface area (Å²) in [6.45, 7) is 0.203. The van der Waals surface area contributed by atoms with Gasteiger partial charge in [-0.3, -0.25) is 9.59 Å². The van der Waals surface area contributed by atoms with E-state index in [1.165, 1.54) is 23.1 Å². The van der Waals surface area contributed by atoms with E-state index in [9.17, 15) is 9.59 Å². The van der Waals surface area contributed by atoms with Crippen LogP contribution in [0.2, 0.25) is 0 Å². The molecule has 30 heavy (non-hydrogen) atoms. The minimum atomic E-state index is -0.201. The van der Waals surface area contributed by atoms with Crippen LogP contribution in [0.4, 0.5) is 11.5 Å². The minimum Gasteiger partial charge on any atom is -0.454 e. The van der Waals surface area contributed by atoms with Crippen LogP contribution in [-0.2, 0) is 4.79 Å². The fourth-order valence-electron chi connectivity index (χ4n) is 2.66. The molecule has 0 saturated carbocycles. The second kappa shape index (κ2) is 9.59. The lowest BCUT2D eigenvalue weighted by molar-refractivity contribution is -0.116. The van der Waals surface area contributed by atoms with Gasteiger partial charge in [-0.15, -0.1) is 33.3 Å². The number of carbonyl (C=O) groups is 2. The molecule has 1 aliphatic heterocycles. The number of carbonyl (C=O) groups excluding carboxylic acids is 2. The second-order valence-corrected chi connectivity index (χ2v) is 8.32. The van der Waals surface area contributed by atoms with Crippen LogP contribution in [0, 0.1) is 0 Å². The monoisotopic (exact) mass is 442 g/mol. The first-order valence-corrected chi connectivity index (χ1v) is 11.0. The van der Waals surface area contributed by atoms with Gasteiger partial charge in [0.2, 0.25) is 12.7 Å². The molecule has 1 aromatic carbocycles. The van der Waals surface area contributed by atoms with Crippen LogP contribution in [0.15, 0.2) is 52.9 Å². The molecule has 3 heterocycles. The lowest BCUT2D eigenvalue weighted by Gasteiger charge is -2.06. The Balaban J connectivity index is 1.17. The molecule has 1 aliphatic rings. The van der Waals surface area contributed by atoms with Crippen molar-refractivity contribution in [1.29, 1.82) is 0 Å². The quantitative estimate of drug-likeness (QED) is 0.401. The Labute approximate surface area is 181 Å². The Morgan fingerprint density at radius 1 is 1.07 bits per heavy atom. The first kappa shape index (κ1) is 20.2. The molecule has 2 N–H and O–H groups in total. The highest BCUT2D eigenvalue weighted by Gasteiger charge is 2.14. The maximum Gasteiger partial charge on any atom is 0.266 e. The van der Waals surface area contributed by atoms with Crippen molar-refractivity contribution in [3.63, 3.8) is 0 Å². The minimum absolute atomic E-state index is 0.0628. The van der Waals surface area contributed by atoms with E-state index < -0.39 is 0 Å². The number of anilines is 2. The molecule has 2 amide bonds. The number of ether oxygens (including phenoxy) is 2. The van der Waals surface area contributed by atoms with Gasteiger partial charge in [-0.05, 0) is 42.1 Å². The van der Waals surface area contributed by atoms with E-state index in [0.29, 0.717) is 40.7 Å². The number of hydrogen-bond donors (Lipinski definition) is 2. The first-order chi connectivity index (χ1) is 14.7. The number of nitrogens with zero attached hydrogens (tertiary/aromatic N) is 2. The summed E-state index contributed by atoms with van der Waals surface area (Å²) < 4.78 is 10.6. The van der Waals surface area contributed by atoms with Crippen LogP contribution in [-0.4, -0.2) is 34.6 Å². The third-order valence-corrected chi connectivity index (χ3v) is 5.96. The highest BCUT2D eigenvalue weighted by atomic mass is 32.2. The SMILES string of the molecule is O=C(CCCSc1ccc(NC(=O)c2cccs2)nn1)Nc1ccc2c(c1)OCO2. The Hall–Kier alpha value is -3.11. The van der Waals surface area contributed by atoms with Gasteiger partial charge >= 0.3 is 0 Å². The number of rotatable bonds is 8. The third-order valence-electron chi connectivity index (χ3n) is 4.08. The zero-order valence-electron chi connectivity index (χ0n) is 15.8. The van der Waals surface area contributed by atoms with Crippen molar-refractivity contribution < 1.29 is 19.1 Å². The summed E-state index contributed by atoms with van der Waals surface area (Å²) in [6.07, 6.45) is 1.09. The van der Waals surface area contributed by atoms with Crippen LogP contribution in [0.25, 0.3) is 0 Å². The zero-order chi connectivity index (χ0) is 20.8. The summed E-state index contributed by atoms with van der Waals surface area (Å²) in [5, 5.41) is 16.3. The van der Waals surface area contributed by atoms with Crippen LogP contribution >= 0.6 is 23.1 Å². The predicted molar refractivity (Wildman–Crippen MR) is 115 cm³/mol. The summed E-state index contributed by atoms with van der Waals surface area (Å²) in [6, 6.07) is 12.4. The van der Waals surface area contributed by atoms with Crippen LogP contribution in [0.1, 0.15) is 22.5 Å². The molecule has 0 atom stereocenters. The van der Waals surface area contributed by atoms with E-state index >= 15 is 0 Å². The second-order valence-electron chi connectivity index (χ2n) is 6.26. The third kappa shape index (κ3) is 5.28. The van der Waals surface area contributed by atoms with Crippen LogP contribution in [0.5, 0.6) is 11.5 Å². The predicted octanol–water partition coefficient (Wildman–Crippen LogP) is 4.03. The van der Waals surface area contributed by atoms with Crippen LogP contribution in [0.3, 0.4) is 0 Å². The molecule has 0 saturated heterocycles. The molecule has 0 fully saturated rings. The van der Waals surface area contributed by atoms with Crippen molar-refractivity contribution in [3.05, 3.63) is 52.7 Å². The smallest absolute Gasteiger partial charge is 0.266 e. The number of amides is 2.